The third kappa shape index (κ3) is 6.19. The molecule has 6 heteroatoms. The van der Waals surface area contributed by atoms with Crippen molar-refractivity contribution < 1.29 is 49.8 Å². The van der Waals surface area contributed by atoms with Gasteiger partial charge in [-0.15, -0.1) is 0 Å². The molecule has 0 saturated heterocycles. The Morgan fingerprint density at radius 1 is 1.80 bits per heavy atom. The number of nitrogens with one attached hydrogen (secondary N) is 1. The van der Waals surface area contributed by atoms with E-state index >= 15 is 0 Å². The molecule has 0 aromatic carbocycles. The SMILES string of the molecule is CN(CC(=O)O)C(=N)N.[Gd]. The number of carboxylic acids is 1. The van der Waals surface area contributed by atoms with E-state index in [1.807, 2.05) is 0 Å². The van der Waals surface area contributed by atoms with Crippen molar-refractivity contribution in [2.75, 3.05) is 13.6 Å². The van der Waals surface area contributed by atoms with Crippen LogP contribution in [0.15, 0.2) is 0 Å². The Balaban J connectivity index is 0. The van der Waals surface area contributed by atoms with Gasteiger partial charge in [-0.25, -0.2) is 0 Å². The standard InChI is InChI=1S/C4H9N3O2.Gd/c1-7(4(5)6)2-3(8)9;/h2H2,1H3,(H3,5,6)(H,8,9);. The summed E-state index contributed by atoms with van der Waals surface area (Å²) in [4.78, 5) is 11.0. The van der Waals surface area contributed by atoms with Gasteiger partial charge in [0.1, 0.15) is 6.54 Å². The molecule has 0 amide bonds. The van der Waals surface area contributed by atoms with Crippen LogP contribution in [0.1, 0.15) is 0 Å². The smallest absolute Gasteiger partial charge is 0.323 e. The fourth-order valence-electron chi connectivity index (χ4n) is 0.288. The number of likely N-dealkylation sites (N-methyl/N-ethyl adjacent to an activating group) is 1. The van der Waals surface area contributed by atoms with E-state index in [2.05, 4.69) is 0 Å². The van der Waals surface area contributed by atoms with Gasteiger partial charge in [0.05, 0.1) is 0 Å². The predicted molar refractivity (Wildman–Crippen MR) is 32.2 cm³/mol. The quantitative estimate of drug-likeness (QED) is 0.444. The van der Waals surface area contributed by atoms with Crippen LogP contribution >= 0.6 is 0 Å². The van der Waals surface area contributed by atoms with Crippen molar-refractivity contribution in [1.29, 1.82) is 5.41 Å². The van der Waals surface area contributed by atoms with Crippen LogP contribution in [-0.4, -0.2) is 35.5 Å². The molecule has 0 aliphatic rings. The van der Waals surface area contributed by atoms with Crippen molar-refractivity contribution in [1.82, 2.24) is 4.90 Å². The molecule has 0 heterocycles. The maximum Gasteiger partial charge on any atom is 0.323 e. The van der Waals surface area contributed by atoms with Crippen molar-refractivity contribution in [3.63, 3.8) is 0 Å². The molecule has 0 unspecified atom stereocenters. The van der Waals surface area contributed by atoms with E-state index in [1.165, 1.54) is 7.05 Å². The summed E-state index contributed by atoms with van der Waals surface area (Å²) in [5.74, 6) is -1.23. The van der Waals surface area contributed by atoms with Gasteiger partial charge in [0.15, 0.2) is 5.96 Å². The zero-order valence-corrected chi connectivity index (χ0v) is 7.71. The van der Waals surface area contributed by atoms with Crippen LogP contribution in [0.5, 0.6) is 0 Å². The van der Waals surface area contributed by atoms with E-state index in [0.29, 0.717) is 0 Å². The van der Waals surface area contributed by atoms with Gasteiger partial charge in [-0.3, -0.25) is 10.2 Å². The molecule has 0 aliphatic heterocycles. The minimum atomic E-state index is -0.993. The van der Waals surface area contributed by atoms with Gasteiger partial charge >= 0.3 is 5.97 Å². The van der Waals surface area contributed by atoms with Gasteiger partial charge in [-0.05, 0) is 0 Å². The number of hydrogen-bond donors (Lipinski definition) is 3. The molecule has 60 valence electrons. The Morgan fingerprint density at radius 2 is 2.20 bits per heavy atom. The number of rotatable bonds is 2. The molecule has 0 radical (unpaired) electrons. The topological polar surface area (TPSA) is 90.4 Å². The maximum atomic E-state index is 9.92. The Bertz CT molecular complexity index is 138. The van der Waals surface area contributed by atoms with Crippen LogP contribution in [0, 0.1) is 45.3 Å². The predicted octanol–water partition coefficient (Wildman–Crippen LogP) is -1.10. The molecule has 0 aliphatic carbocycles. The number of carbonyl (C=O) groups is 1. The summed E-state index contributed by atoms with van der Waals surface area (Å²) in [7, 11) is 1.44. The normalized spacial score (nSPS) is 7.70. The van der Waals surface area contributed by atoms with E-state index in [4.69, 9.17) is 16.2 Å². The fourth-order valence-corrected chi connectivity index (χ4v) is 0.288. The molecule has 10 heavy (non-hydrogen) atoms. The van der Waals surface area contributed by atoms with E-state index in [9.17, 15) is 4.79 Å². The van der Waals surface area contributed by atoms with Crippen LogP contribution in [-0.2, 0) is 4.79 Å². The number of carboxylic acid groups (broad SMARTS) is 1. The molecule has 0 saturated carbocycles. The zero-order valence-electron chi connectivity index (χ0n) is 5.44. The van der Waals surface area contributed by atoms with Gasteiger partial charge in [-0.1, -0.05) is 0 Å². The minimum Gasteiger partial charge on any atom is -0.480 e. The van der Waals surface area contributed by atoms with Gasteiger partial charge in [0.25, 0.3) is 0 Å². The third-order valence-electron chi connectivity index (χ3n) is 0.784. The largest absolute Gasteiger partial charge is 0.480 e. The van der Waals surface area contributed by atoms with E-state index in [-0.39, 0.29) is 52.4 Å². The summed E-state index contributed by atoms with van der Waals surface area (Å²) in [6.45, 7) is -0.227. The third-order valence-corrected chi connectivity index (χ3v) is 0.784. The van der Waals surface area contributed by atoms with Gasteiger partial charge in [-0.2, -0.15) is 0 Å². The number of nitrogens with zero attached hydrogens (tertiary/aromatic N) is 1. The molecular weight excluding hydrogens is 279 g/mol. The molecule has 5 nitrogen and oxygen atoms in total. The molecule has 0 atom stereocenters. The Labute approximate surface area is 90.8 Å². The number of aliphatic carboxylic acids is 1. The van der Waals surface area contributed by atoms with Crippen LogP contribution < -0.4 is 5.73 Å². The molecule has 0 aromatic heterocycles. The van der Waals surface area contributed by atoms with Crippen LogP contribution in [0.2, 0.25) is 0 Å². The molecule has 0 bridgehead atoms. The first-order valence-electron chi connectivity index (χ1n) is 2.31. The fraction of sp³-hybridized carbons (Fsp3) is 0.500. The summed E-state index contributed by atoms with van der Waals surface area (Å²) in [6, 6.07) is 0. The van der Waals surface area contributed by atoms with Gasteiger partial charge < -0.3 is 15.7 Å². The van der Waals surface area contributed by atoms with Gasteiger partial charge in [0, 0.05) is 47.0 Å². The number of nitrogens with two attached hydrogens (primary N) is 1. The molecule has 0 aromatic rings. The van der Waals surface area contributed by atoms with Crippen molar-refractivity contribution in [3.05, 3.63) is 0 Å². The van der Waals surface area contributed by atoms with Crippen LogP contribution in [0.25, 0.3) is 0 Å². The zero-order chi connectivity index (χ0) is 7.44. The second kappa shape index (κ2) is 5.82. The monoisotopic (exact) mass is 289 g/mol. The van der Waals surface area contributed by atoms with Crippen molar-refractivity contribution in [2.45, 2.75) is 0 Å². The molecule has 4 N–H and O–H groups in total. The average molecular weight is 288 g/mol. The Kier molecular flexibility index (Phi) is 7.40. The maximum absolute atomic E-state index is 9.92. The second-order valence-corrected chi connectivity index (χ2v) is 1.64. The van der Waals surface area contributed by atoms with Crippen molar-refractivity contribution in [3.8, 4) is 0 Å². The first-order chi connectivity index (χ1) is 4.04. The van der Waals surface area contributed by atoms with Crippen LogP contribution in [0.3, 0.4) is 0 Å². The average Bonchev–Trinajstić information content (AvgIpc) is 1.63. The molecule has 0 fully saturated rings. The summed E-state index contributed by atoms with van der Waals surface area (Å²) < 4.78 is 0. The summed E-state index contributed by atoms with van der Waals surface area (Å²) >= 11 is 0. The molecule has 0 rings (SSSR count). The minimum absolute atomic E-state index is 0. The first-order valence-corrected chi connectivity index (χ1v) is 2.31. The second-order valence-electron chi connectivity index (χ2n) is 1.64. The Hall–Kier alpha value is 0.0647. The first kappa shape index (κ1) is 12.7. The van der Waals surface area contributed by atoms with Crippen molar-refractivity contribution in [2.24, 2.45) is 5.73 Å². The summed E-state index contributed by atoms with van der Waals surface area (Å²) in [5.41, 5.74) is 4.93. The number of hydrogen-bond acceptors (Lipinski definition) is 2. The van der Waals surface area contributed by atoms with E-state index < -0.39 is 5.97 Å². The summed E-state index contributed by atoms with van der Waals surface area (Å²) in [5, 5.41) is 14.9. The van der Waals surface area contributed by atoms with E-state index in [1.54, 1.807) is 0 Å². The van der Waals surface area contributed by atoms with Crippen molar-refractivity contribution >= 4 is 11.9 Å². The number of guanidine groups is 1. The molecule has 0 spiro atoms. The van der Waals surface area contributed by atoms with Crippen LogP contribution in [0.4, 0.5) is 0 Å². The molecular formula is C4H9GdN3O2. The van der Waals surface area contributed by atoms with E-state index in [0.717, 1.165) is 4.90 Å². The Morgan fingerprint density at radius 3 is 2.30 bits per heavy atom. The van der Waals surface area contributed by atoms with Gasteiger partial charge in [0.2, 0.25) is 0 Å². The summed E-state index contributed by atoms with van der Waals surface area (Å²) in [6.07, 6.45) is 0.